The Bertz CT molecular complexity index is 835. The Morgan fingerprint density at radius 1 is 1.42 bits per heavy atom. The van der Waals surface area contributed by atoms with Crippen LogP contribution in [0.2, 0.25) is 0 Å². The maximum Gasteiger partial charge on any atom is 0.328 e. The van der Waals surface area contributed by atoms with Crippen molar-refractivity contribution in [2.45, 2.75) is 44.3 Å². The molecular formula is C16H20N4O4. The fraction of sp³-hybridized carbons (Fsp3) is 0.438. The van der Waals surface area contributed by atoms with Crippen LogP contribution in [0, 0.1) is 0 Å². The number of hydrogen-bond donors (Lipinski definition) is 2. The summed E-state index contributed by atoms with van der Waals surface area (Å²) in [6.45, 7) is -0.0380. The van der Waals surface area contributed by atoms with Crippen molar-refractivity contribution in [1.29, 1.82) is 0 Å². The predicted octanol–water partition coefficient (Wildman–Crippen LogP) is -0.776. The Labute approximate surface area is 137 Å². The quantitative estimate of drug-likeness (QED) is 0.711. The van der Waals surface area contributed by atoms with Gasteiger partial charge in [-0.15, -0.1) is 0 Å². The molecule has 2 aromatic heterocycles. The van der Waals surface area contributed by atoms with Crippen molar-refractivity contribution >= 4 is 6.21 Å². The third-order valence-electron chi connectivity index (χ3n) is 4.34. The fourth-order valence-corrected chi connectivity index (χ4v) is 2.94. The van der Waals surface area contributed by atoms with Crippen molar-refractivity contribution in [1.82, 2.24) is 9.55 Å². The van der Waals surface area contributed by atoms with E-state index in [0.717, 1.165) is 30.3 Å². The lowest BCUT2D eigenvalue weighted by molar-refractivity contribution is -0.428. The van der Waals surface area contributed by atoms with Gasteiger partial charge in [-0.25, -0.2) is 4.79 Å². The molecule has 2 atom stereocenters. The molecule has 1 saturated carbocycles. The summed E-state index contributed by atoms with van der Waals surface area (Å²) in [5.41, 5.74) is 2.45. The van der Waals surface area contributed by atoms with Crippen LogP contribution in [0.15, 0.2) is 37.4 Å². The minimum atomic E-state index is -0.758. The number of aromatic amines is 1. The Morgan fingerprint density at radius 2 is 2.21 bits per heavy atom. The molecule has 1 aliphatic carbocycles. The number of quaternary nitrogens is 1. The zero-order chi connectivity index (χ0) is 17.1. The van der Waals surface area contributed by atoms with Gasteiger partial charge in [0.15, 0.2) is 0 Å². The lowest BCUT2D eigenvalue weighted by Gasteiger charge is -2.22. The van der Waals surface area contributed by atoms with Gasteiger partial charge in [-0.1, -0.05) is 6.42 Å². The third-order valence-corrected chi connectivity index (χ3v) is 4.34. The number of rotatable bonds is 4. The summed E-state index contributed by atoms with van der Waals surface area (Å²) in [5.74, 6) is -0.213. The van der Waals surface area contributed by atoms with Gasteiger partial charge in [0, 0.05) is 12.6 Å². The Hall–Kier alpha value is -2.61. The van der Waals surface area contributed by atoms with E-state index in [-0.39, 0.29) is 24.2 Å². The van der Waals surface area contributed by atoms with Gasteiger partial charge >= 0.3 is 5.69 Å². The first-order chi connectivity index (χ1) is 11.6. The van der Waals surface area contributed by atoms with E-state index in [1.165, 1.54) is 12.5 Å². The molecule has 0 saturated heterocycles. The number of aromatic nitrogens is 2. The van der Waals surface area contributed by atoms with Crippen molar-refractivity contribution in [2.24, 2.45) is 4.99 Å². The van der Waals surface area contributed by atoms with Crippen molar-refractivity contribution in [3.8, 4) is 5.88 Å². The monoisotopic (exact) mass is 332 g/mol. The maximum atomic E-state index is 12.5. The highest BCUT2D eigenvalue weighted by atomic mass is 16.3. The summed E-state index contributed by atoms with van der Waals surface area (Å²) in [5, 5.41) is 12.5. The number of nitrogens with one attached hydrogen (secondary N) is 1. The largest absolute Gasteiger partial charge is 0.859 e. The highest BCUT2D eigenvalue weighted by Gasteiger charge is 2.23. The van der Waals surface area contributed by atoms with Gasteiger partial charge in [0.05, 0.1) is 18.4 Å². The number of hydrogen-bond acceptors (Lipinski definition) is 5. The number of H-pyrrole nitrogens is 1. The second-order valence-electron chi connectivity index (χ2n) is 6.03. The van der Waals surface area contributed by atoms with Crippen LogP contribution in [-0.4, -0.2) is 27.8 Å². The molecule has 1 fully saturated rings. The van der Waals surface area contributed by atoms with E-state index in [0.29, 0.717) is 5.76 Å². The minimum Gasteiger partial charge on any atom is -0.859 e. The van der Waals surface area contributed by atoms with E-state index < -0.39 is 17.1 Å². The van der Waals surface area contributed by atoms with Gasteiger partial charge in [0.1, 0.15) is 17.8 Å². The number of furan rings is 1. The zero-order valence-corrected chi connectivity index (χ0v) is 13.2. The first-order valence-electron chi connectivity index (χ1n) is 7.99. The van der Waals surface area contributed by atoms with E-state index in [9.17, 15) is 14.7 Å². The summed E-state index contributed by atoms with van der Waals surface area (Å²) in [7, 11) is 0. The number of aliphatic imine (C=N–C) groups is 1. The summed E-state index contributed by atoms with van der Waals surface area (Å²) in [6.07, 6.45) is 6.81. The first kappa shape index (κ1) is 16.3. The van der Waals surface area contributed by atoms with Crippen LogP contribution in [0.25, 0.3) is 0 Å². The summed E-state index contributed by atoms with van der Waals surface area (Å²) in [4.78, 5) is 30.4. The molecule has 4 N–H and O–H groups in total. The molecule has 8 heteroatoms. The van der Waals surface area contributed by atoms with E-state index in [4.69, 9.17) is 4.42 Å². The van der Waals surface area contributed by atoms with Gasteiger partial charge in [0.25, 0.3) is 5.56 Å². The normalized spacial score (nSPS) is 21.4. The molecule has 24 heavy (non-hydrogen) atoms. The standard InChI is InChI=1S/C16H20N4O4/c17-12-5-1-2-6-13(12)18-8-11-14(21)19-16(23)20(15(11)22)9-10-4-3-7-24-10/h3-4,7-8,12-13,22H,1-2,5-6,9,17H2,(H,19,21,23). The SMILES string of the molecule is [NH3+]C1CCCCC1N=Cc1c([O-])n(Cc2ccco2)c(=O)[nH]c1=O. The molecular weight excluding hydrogens is 312 g/mol. The first-order valence-corrected chi connectivity index (χ1v) is 7.99. The molecule has 3 rings (SSSR count). The van der Waals surface area contributed by atoms with Crippen LogP contribution in [0.1, 0.15) is 37.0 Å². The minimum absolute atomic E-state index is 0.00278. The topological polar surface area (TPSA) is 131 Å². The van der Waals surface area contributed by atoms with E-state index in [1.807, 2.05) is 0 Å². The molecule has 2 heterocycles. The lowest BCUT2D eigenvalue weighted by atomic mass is 9.91. The van der Waals surface area contributed by atoms with Crippen LogP contribution >= 0.6 is 0 Å². The second-order valence-corrected chi connectivity index (χ2v) is 6.03. The predicted molar refractivity (Wildman–Crippen MR) is 85.1 cm³/mol. The molecule has 0 radical (unpaired) electrons. The molecule has 8 nitrogen and oxygen atoms in total. The number of nitrogens with zero attached hydrogens (tertiary/aromatic N) is 2. The molecule has 0 amide bonds. The van der Waals surface area contributed by atoms with Gasteiger partial charge < -0.3 is 15.3 Å². The average Bonchev–Trinajstić information content (AvgIpc) is 3.06. The van der Waals surface area contributed by atoms with Crippen molar-refractivity contribution in [3.05, 3.63) is 50.6 Å². The van der Waals surface area contributed by atoms with Gasteiger partial charge in [0.2, 0.25) is 0 Å². The molecule has 0 aliphatic heterocycles. The van der Waals surface area contributed by atoms with Crippen LogP contribution in [-0.2, 0) is 6.54 Å². The smallest absolute Gasteiger partial charge is 0.328 e. The molecule has 2 unspecified atom stereocenters. The van der Waals surface area contributed by atoms with Gasteiger partial charge in [-0.3, -0.25) is 19.3 Å². The van der Waals surface area contributed by atoms with Crippen LogP contribution < -0.4 is 22.1 Å². The molecule has 0 spiro atoms. The van der Waals surface area contributed by atoms with Crippen LogP contribution in [0.5, 0.6) is 5.88 Å². The van der Waals surface area contributed by atoms with Gasteiger partial charge in [-0.05, 0) is 30.9 Å². The van der Waals surface area contributed by atoms with Crippen LogP contribution in [0.3, 0.4) is 0 Å². The molecule has 0 bridgehead atoms. The highest BCUT2D eigenvalue weighted by Crippen LogP contribution is 2.18. The van der Waals surface area contributed by atoms with E-state index in [2.05, 4.69) is 15.7 Å². The summed E-state index contributed by atoms with van der Waals surface area (Å²) < 4.78 is 6.09. The highest BCUT2D eigenvalue weighted by molar-refractivity contribution is 5.81. The van der Waals surface area contributed by atoms with Crippen molar-refractivity contribution in [3.63, 3.8) is 0 Å². The third kappa shape index (κ3) is 3.33. The van der Waals surface area contributed by atoms with Crippen molar-refractivity contribution in [2.75, 3.05) is 0 Å². The Balaban J connectivity index is 1.92. The Kier molecular flexibility index (Phi) is 4.66. The molecule has 2 aromatic rings. The molecule has 128 valence electrons. The fourth-order valence-electron chi connectivity index (χ4n) is 2.94. The summed E-state index contributed by atoms with van der Waals surface area (Å²) in [6, 6.07) is 3.50. The second kappa shape index (κ2) is 6.88. The Morgan fingerprint density at radius 3 is 2.92 bits per heavy atom. The maximum absolute atomic E-state index is 12.5. The van der Waals surface area contributed by atoms with Crippen LogP contribution in [0.4, 0.5) is 0 Å². The van der Waals surface area contributed by atoms with E-state index >= 15 is 0 Å². The zero-order valence-electron chi connectivity index (χ0n) is 13.2. The lowest BCUT2D eigenvalue weighted by Crippen LogP contribution is -2.66. The van der Waals surface area contributed by atoms with Gasteiger partial charge in [-0.2, -0.15) is 0 Å². The van der Waals surface area contributed by atoms with Crippen molar-refractivity contribution < 1.29 is 15.3 Å². The summed E-state index contributed by atoms with van der Waals surface area (Å²) >= 11 is 0. The van der Waals surface area contributed by atoms with E-state index in [1.54, 1.807) is 12.1 Å². The molecule has 1 aliphatic rings. The molecule has 0 aromatic carbocycles. The average molecular weight is 332 g/mol.